The molecule has 1 heterocycles. The predicted molar refractivity (Wildman–Crippen MR) is 53.8 cm³/mol. The average Bonchev–Trinajstić information content (AvgIpc) is 2.67. The Hall–Kier alpha value is -1.88. The molecule has 0 unspecified atom stereocenters. The summed E-state index contributed by atoms with van der Waals surface area (Å²) >= 11 is 5.91. The van der Waals surface area contributed by atoms with Gasteiger partial charge in [0.1, 0.15) is 0 Å². The molecule has 15 heavy (non-hydrogen) atoms. The molecule has 0 amide bonds. The summed E-state index contributed by atoms with van der Waals surface area (Å²) in [6.07, 6.45) is 0. The lowest BCUT2D eigenvalue weighted by molar-refractivity contribution is 0.0684. The molecule has 0 fully saturated rings. The van der Waals surface area contributed by atoms with E-state index in [9.17, 15) is 4.79 Å². The third-order valence-corrected chi connectivity index (χ3v) is 2.13. The van der Waals surface area contributed by atoms with Crippen LogP contribution in [-0.2, 0) is 0 Å². The summed E-state index contributed by atoms with van der Waals surface area (Å²) in [6.45, 7) is 0. The first kappa shape index (κ1) is 9.67. The molecule has 2 N–H and O–H groups in total. The Morgan fingerprint density at radius 3 is 2.73 bits per heavy atom. The minimum Gasteiger partial charge on any atom is -0.475 e. The standard InChI is InChI=1S/C9H6ClN3O2/c10-6-4-2-1-3-5(6)7-11-8(9(14)15)13-12-7/h1-4H,(H,14,15)(H,11,12,13). The van der Waals surface area contributed by atoms with Crippen LogP contribution in [0.25, 0.3) is 11.4 Å². The lowest BCUT2D eigenvalue weighted by atomic mass is 10.2. The summed E-state index contributed by atoms with van der Waals surface area (Å²) in [7, 11) is 0. The van der Waals surface area contributed by atoms with Crippen LogP contribution in [0.15, 0.2) is 24.3 Å². The summed E-state index contributed by atoms with van der Waals surface area (Å²) in [5.74, 6) is -1.08. The van der Waals surface area contributed by atoms with E-state index in [1.54, 1.807) is 24.3 Å². The summed E-state index contributed by atoms with van der Waals surface area (Å²) in [6, 6.07) is 6.96. The number of carboxylic acid groups (broad SMARTS) is 1. The van der Waals surface area contributed by atoms with Crippen molar-refractivity contribution in [2.24, 2.45) is 0 Å². The van der Waals surface area contributed by atoms with Crippen LogP contribution in [0.4, 0.5) is 0 Å². The number of nitrogens with zero attached hydrogens (tertiary/aromatic N) is 2. The number of rotatable bonds is 2. The number of hydrogen-bond donors (Lipinski definition) is 2. The molecule has 1 aromatic heterocycles. The topological polar surface area (TPSA) is 78.9 Å². The third kappa shape index (κ3) is 1.82. The zero-order chi connectivity index (χ0) is 10.8. The van der Waals surface area contributed by atoms with Crippen molar-refractivity contribution < 1.29 is 9.90 Å². The number of nitrogens with one attached hydrogen (secondary N) is 1. The van der Waals surface area contributed by atoms with E-state index in [0.717, 1.165) is 0 Å². The number of H-pyrrole nitrogens is 1. The number of aromatic amines is 1. The number of hydrogen-bond acceptors (Lipinski definition) is 3. The van der Waals surface area contributed by atoms with E-state index in [1.165, 1.54) is 0 Å². The van der Waals surface area contributed by atoms with Gasteiger partial charge in [0.05, 0.1) is 5.02 Å². The van der Waals surface area contributed by atoms with Gasteiger partial charge in [0, 0.05) is 5.56 Å². The van der Waals surface area contributed by atoms with Crippen LogP contribution < -0.4 is 0 Å². The molecule has 5 nitrogen and oxygen atoms in total. The van der Waals surface area contributed by atoms with E-state index >= 15 is 0 Å². The second kappa shape index (κ2) is 3.70. The van der Waals surface area contributed by atoms with Gasteiger partial charge in [-0.2, -0.15) is 5.10 Å². The zero-order valence-electron chi connectivity index (χ0n) is 7.44. The molecule has 76 valence electrons. The van der Waals surface area contributed by atoms with Crippen molar-refractivity contribution >= 4 is 17.6 Å². The molecule has 0 aliphatic rings. The molecule has 0 radical (unpaired) electrons. The van der Waals surface area contributed by atoms with E-state index in [1.807, 2.05) is 0 Å². The smallest absolute Gasteiger partial charge is 0.373 e. The number of carbonyl (C=O) groups is 1. The second-order valence-corrected chi connectivity index (χ2v) is 3.20. The van der Waals surface area contributed by atoms with Gasteiger partial charge < -0.3 is 5.11 Å². The fourth-order valence-electron chi connectivity index (χ4n) is 1.12. The van der Waals surface area contributed by atoms with Crippen LogP contribution in [0.1, 0.15) is 10.6 Å². The first-order valence-electron chi connectivity index (χ1n) is 4.09. The molecule has 1 aromatic carbocycles. The summed E-state index contributed by atoms with van der Waals surface area (Å²) < 4.78 is 0. The number of halogens is 1. The second-order valence-electron chi connectivity index (χ2n) is 2.79. The first-order valence-corrected chi connectivity index (χ1v) is 4.47. The third-order valence-electron chi connectivity index (χ3n) is 1.80. The van der Waals surface area contributed by atoms with Crippen molar-refractivity contribution in [3.8, 4) is 11.4 Å². The molecule has 0 atom stereocenters. The van der Waals surface area contributed by atoms with Crippen LogP contribution in [0.3, 0.4) is 0 Å². The Kier molecular flexibility index (Phi) is 2.39. The molecule has 0 saturated carbocycles. The minimum absolute atomic E-state index is 0.204. The minimum atomic E-state index is -1.15. The Morgan fingerprint density at radius 2 is 2.13 bits per heavy atom. The molecule has 2 rings (SSSR count). The normalized spacial score (nSPS) is 10.2. The Morgan fingerprint density at radius 1 is 1.40 bits per heavy atom. The number of carboxylic acids is 1. The molecule has 0 aliphatic heterocycles. The van der Waals surface area contributed by atoms with Gasteiger partial charge in [0.15, 0.2) is 5.82 Å². The van der Waals surface area contributed by atoms with Crippen molar-refractivity contribution in [1.29, 1.82) is 0 Å². The highest BCUT2D eigenvalue weighted by atomic mass is 35.5. The Balaban J connectivity index is 2.46. The van der Waals surface area contributed by atoms with Crippen LogP contribution in [0.2, 0.25) is 5.02 Å². The molecule has 0 aliphatic carbocycles. The fraction of sp³-hybridized carbons (Fsp3) is 0. The van der Waals surface area contributed by atoms with Gasteiger partial charge in [0.25, 0.3) is 0 Å². The van der Waals surface area contributed by atoms with Crippen molar-refractivity contribution in [3.05, 3.63) is 35.1 Å². The molecular weight excluding hydrogens is 218 g/mol. The van der Waals surface area contributed by atoms with Gasteiger partial charge in [-0.15, -0.1) is 0 Å². The largest absolute Gasteiger partial charge is 0.475 e. The van der Waals surface area contributed by atoms with E-state index in [2.05, 4.69) is 15.2 Å². The fourth-order valence-corrected chi connectivity index (χ4v) is 1.34. The SMILES string of the molecule is O=C(O)c1nc(-c2ccccc2Cl)n[nH]1. The molecule has 0 saturated heterocycles. The number of aromatic carboxylic acids is 1. The molecule has 0 spiro atoms. The predicted octanol–water partition coefficient (Wildman–Crippen LogP) is 1.82. The maximum atomic E-state index is 10.6. The van der Waals surface area contributed by atoms with Crippen LogP contribution in [0, 0.1) is 0 Å². The van der Waals surface area contributed by atoms with E-state index in [-0.39, 0.29) is 11.6 Å². The Labute approximate surface area is 89.7 Å². The van der Waals surface area contributed by atoms with Gasteiger partial charge in [0.2, 0.25) is 5.82 Å². The Bertz CT molecular complexity index is 510. The van der Waals surface area contributed by atoms with E-state index in [4.69, 9.17) is 16.7 Å². The quantitative estimate of drug-likeness (QED) is 0.814. The summed E-state index contributed by atoms with van der Waals surface area (Å²) in [5.41, 5.74) is 0.600. The monoisotopic (exact) mass is 223 g/mol. The van der Waals surface area contributed by atoms with Crippen LogP contribution >= 0.6 is 11.6 Å². The van der Waals surface area contributed by atoms with E-state index < -0.39 is 5.97 Å². The summed E-state index contributed by atoms with van der Waals surface area (Å²) in [4.78, 5) is 14.4. The van der Waals surface area contributed by atoms with Gasteiger partial charge in [-0.3, -0.25) is 5.10 Å². The number of aromatic nitrogens is 3. The van der Waals surface area contributed by atoms with Crippen molar-refractivity contribution in [1.82, 2.24) is 15.2 Å². The number of benzene rings is 1. The van der Waals surface area contributed by atoms with Gasteiger partial charge >= 0.3 is 5.97 Å². The first-order chi connectivity index (χ1) is 7.18. The molecular formula is C9H6ClN3O2. The van der Waals surface area contributed by atoms with Crippen LogP contribution in [0.5, 0.6) is 0 Å². The van der Waals surface area contributed by atoms with Crippen molar-refractivity contribution in [3.63, 3.8) is 0 Å². The molecule has 0 bridgehead atoms. The van der Waals surface area contributed by atoms with Crippen molar-refractivity contribution in [2.75, 3.05) is 0 Å². The lowest BCUT2D eigenvalue weighted by Crippen LogP contribution is -1.98. The van der Waals surface area contributed by atoms with E-state index in [0.29, 0.717) is 10.6 Å². The maximum absolute atomic E-state index is 10.6. The van der Waals surface area contributed by atoms with Crippen LogP contribution in [-0.4, -0.2) is 26.3 Å². The maximum Gasteiger partial charge on any atom is 0.373 e. The highest BCUT2D eigenvalue weighted by Gasteiger charge is 2.12. The van der Waals surface area contributed by atoms with Gasteiger partial charge in [-0.05, 0) is 12.1 Å². The van der Waals surface area contributed by atoms with Gasteiger partial charge in [-0.25, -0.2) is 9.78 Å². The highest BCUT2D eigenvalue weighted by molar-refractivity contribution is 6.33. The van der Waals surface area contributed by atoms with Crippen molar-refractivity contribution in [2.45, 2.75) is 0 Å². The molecule has 6 heteroatoms. The highest BCUT2D eigenvalue weighted by Crippen LogP contribution is 2.23. The lowest BCUT2D eigenvalue weighted by Gasteiger charge is -1.96. The average molecular weight is 224 g/mol. The summed E-state index contributed by atoms with van der Waals surface area (Å²) in [5, 5.41) is 15.2. The molecule has 2 aromatic rings. The zero-order valence-corrected chi connectivity index (χ0v) is 8.19. The van der Waals surface area contributed by atoms with Gasteiger partial charge in [-0.1, -0.05) is 23.7 Å².